The van der Waals surface area contributed by atoms with E-state index in [1.807, 2.05) is 6.08 Å². The molecule has 46 valence electrons. The van der Waals surface area contributed by atoms with Crippen molar-refractivity contribution in [2.75, 3.05) is 4.43 Å². The molecule has 0 aromatic carbocycles. The average molecular weight is 224 g/mol. The van der Waals surface area contributed by atoms with Gasteiger partial charge in [-0.1, -0.05) is 22.6 Å². The Balaban J connectivity index is 2.46. The molecule has 1 N–H and O–H groups in total. The molecule has 1 unspecified atom stereocenters. The summed E-state index contributed by atoms with van der Waals surface area (Å²) in [6.07, 6.45) is 4.14. The lowest BCUT2D eigenvalue weighted by molar-refractivity contribution is 0.355. The number of aliphatic hydroxyl groups is 1. The van der Waals surface area contributed by atoms with Gasteiger partial charge in [-0.05, 0) is 18.9 Å². The first-order chi connectivity index (χ1) is 3.84. The Morgan fingerprint density at radius 2 is 2.62 bits per heavy atom. The fourth-order valence-electron chi connectivity index (χ4n) is 0.903. The third kappa shape index (κ3) is 1.16. The molecule has 0 radical (unpaired) electrons. The Kier molecular flexibility index (Phi) is 2.16. The number of hydrogen-bond acceptors (Lipinski definition) is 1. The number of aliphatic hydroxyl groups excluding tert-OH is 1. The molecule has 0 amide bonds. The molecule has 1 nitrogen and oxygen atoms in total. The van der Waals surface area contributed by atoms with Crippen molar-refractivity contribution in [2.45, 2.75) is 12.8 Å². The first-order valence-corrected chi connectivity index (χ1v) is 4.32. The molecule has 2 heteroatoms. The molecule has 0 aromatic heterocycles. The Morgan fingerprint density at radius 3 is 2.88 bits per heavy atom. The zero-order valence-corrected chi connectivity index (χ0v) is 6.76. The molecule has 1 aliphatic rings. The molecule has 0 saturated heterocycles. The predicted molar refractivity (Wildman–Crippen MR) is 42.3 cm³/mol. The molecule has 8 heavy (non-hydrogen) atoms. The van der Waals surface area contributed by atoms with Crippen molar-refractivity contribution in [2.24, 2.45) is 5.92 Å². The van der Waals surface area contributed by atoms with E-state index < -0.39 is 0 Å². The third-order valence-corrected chi connectivity index (χ3v) is 2.54. The van der Waals surface area contributed by atoms with Crippen LogP contribution in [-0.2, 0) is 0 Å². The van der Waals surface area contributed by atoms with Crippen LogP contribution in [0, 0.1) is 5.92 Å². The zero-order valence-electron chi connectivity index (χ0n) is 4.60. The smallest absolute Gasteiger partial charge is 0.0921 e. The molecule has 0 spiro atoms. The van der Waals surface area contributed by atoms with Gasteiger partial charge in [-0.3, -0.25) is 0 Å². The number of rotatable bonds is 1. The summed E-state index contributed by atoms with van der Waals surface area (Å²) in [6.45, 7) is 0. The van der Waals surface area contributed by atoms with Crippen molar-refractivity contribution >= 4 is 22.6 Å². The lowest BCUT2D eigenvalue weighted by atomic mass is 10.1. The van der Waals surface area contributed by atoms with Gasteiger partial charge in [0.15, 0.2) is 0 Å². The maximum atomic E-state index is 9.05. The minimum Gasteiger partial charge on any atom is -0.512 e. The number of halogens is 1. The van der Waals surface area contributed by atoms with E-state index in [1.54, 1.807) is 0 Å². The Labute approximate surface area is 62.9 Å². The molecular formula is C6H9IO. The quantitative estimate of drug-likeness (QED) is 0.535. The van der Waals surface area contributed by atoms with E-state index in [-0.39, 0.29) is 0 Å². The second kappa shape index (κ2) is 2.71. The van der Waals surface area contributed by atoms with Gasteiger partial charge in [0.2, 0.25) is 0 Å². The molecule has 0 aromatic rings. The van der Waals surface area contributed by atoms with Crippen molar-refractivity contribution in [3.63, 3.8) is 0 Å². The van der Waals surface area contributed by atoms with Gasteiger partial charge in [-0.15, -0.1) is 0 Å². The van der Waals surface area contributed by atoms with Crippen LogP contribution in [0.4, 0.5) is 0 Å². The Hall–Kier alpha value is 0.270. The maximum absolute atomic E-state index is 9.05. The van der Waals surface area contributed by atoms with E-state index >= 15 is 0 Å². The molecule has 1 atom stereocenters. The summed E-state index contributed by atoms with van der Waals surface area (Å²) in [7, 11) is 0. The van der Waals surface area contributed by atoms with Crippen molar-refractivity contribution in [1.29, 1.82) is 0 Å². The van der Waals surface area contributed by atoms with E-state index in [2.05, 4.69) is 22.6 Å². The summed E-state index contributed by atoms with van der Waals surface area (Å²) >= 11 is 2.30. The largest absolute Gasteiger partial charge is 0.512 e. The molecule has 1 aliphatic carbocycles. The minimum absolute atomic E-state index is 0.468. The van der Waals surface area contributed by atoms with Gasteiger partial charge < -0.3 is 5.11 Å². The van der Waals surface area contributed by atoms with Crippen LogP contribution in [0.1, 0.15) is 12.8 Å². The molecule has 0 bridgehead atoms. The Bertz CT molecular complexity index is 109. The monoisotopic (exact) mass is 224 g/mol. The topological polar surface area (TPSA) is 20.2 Å². The van der Waals surface area contributed by atoms with Crippen LogP contribution in [0.3, 0.4) is 0 Å². The second-order valence-electron chi connectivity index (χ2n) is 2.06. The van der Waals surface area contributed by atoms with E-state index in [0.29, 0.717) is 11.7 Å². The van der Waals surface area contributed by atoms with Crippen LogP contribution in [0.5, 0.6) is 0 Å². The van der Waals surface area contributed by atoms with Gasteiger partial charge in [-0.2, -0.15) is 0 Å². The molecule has 0 aliphatic heterocycles. The molecular weight excluding hydrogens is 215 g/mol. The lowest BCUT2D eigenvalue weighted by Crippen LogP contribution is -1.98. The van der Waals surface area contributed by atoms with Gasteiger partial charge in [0.1, 0.15) is 0 Å². The number of hydrogen-bond donors (Lipinski definition) is 1. The highest BCUT2D eigenvalue weighted by Crippen LogP contribution is 2.24. The summed E-state index contributed by atoms with van der Waals surface area (Å²) in [5, 5.41) is 9.05. The van der Waals surface area contributed by atoms with Crippen molar-refractivity contribution in [3.05, 3.63) is 11.8 Å². The summed E-state index contributed by atoms with van der Waals surface area (Å²) in [6, 6.07) is 0. The number of alkyl halides is 1. The fourth-order valence-corrected chi connectivity index (χ4v) is 1.79. The summed E-state index contributed by atoms with van der Waals surface area (Å²) in [5.41, 5.74) is 0. The summed E-state index contributed by atoms with van der Waals surface area (Å²) in [4.78, 5) is 0. The highest BCUT2D eigenvalue weighted by atomic mass is 127. The summed E-state index contributed by atoms with van der Waals surface area (Å²) in [5.74, 6) is 1.08. The lowest BCUT2D eigenvalue weighted by Gasteiger charge is -2.02. The molecule has 1 rings (SSSR count). The van der Waals surface area contributed by atoms with Crippen molar-refractivity contribution in [3.8, 4) is 0 Å². The van der Waals surface area contributed by atoms with Crippen molar-refractivity contribution < 1.29 is 5.11 Å². The van der Waals surface area contributed by atoms with Crippen LogP contribution in [0.2, 0.25) is 0 Å². The van der Waals surface area contributed by atoms with Gasteiger partial charge in [0, 0.05) is 10.3 Å². The maximum Gasteiger partial charge on any atom is 0.0921 e. The van der Waals surface area contributed by atoms with Crippen LogP contribution in [0.15, 0.2) is 11.8 Å². The minimum atomic E-state index is 0.468. The Morgan fingerprint density at radius 1 is 1.88 bits per heavy atom. The van der Waals surface area contributed by atoms with Crippen LogP contribution in [-0.4, -0.2) is 9.53 Å². The second-order valence-corrected chi connectivity index (χ2v) is 2.94. The van der Waals surface area contributed by atoms with Gasteiger partial charge >= 0.3 is 0 Å². The molecule has 0 saturated carbocycles. The number of allylic oxidation sites excluding steroid dienone is 2. The van der Waals surface area contributed by atoms with E-state index in [1.165, 1.54) is 0 Å². The van der Waals surface area contributed by atoms with E-state index in [4.69, 9.17) is 5.11 Å². The van der Waals surface area contributed by atoms with E-state index in [0.717, 1.165) is 17.3 Å². The van der Waals surface area contributed by atoms with Gasteiger partial charge in [0.25, 0.3) is 0 Å². The highest BCUT2D eigenvalue weighted by Gasteiger charge is 2.15. The first-order valence-electron chi connectivity index (χ1n) is 2.79. The standard InChI is InChI=1S/C6H9IO/c7-4-5-2-1-3-6(5)8/h3,5,8H,1-2,4H2. The van der Waals surface area contributed by atoms with Crippen molar-refractivity contribution in [1.82, 2.24) is 0 Å². The zero-order chi connectivity index (χ0) is 5.98. The summed E-state index contributed by atoms with van der Waals surface area (Å²) < 4.78 is 1.06. The highest BCUT2D eigenvalue weighted by molar-refractivity contribution is 14.1. The third-order valence-electron chi connectivity index (χ3n) is 1.47. The van der Waals surface area contributed by atoms with Crippen LogP contribution >= 0.6 is 22.6 Å². The fraction of sp³-hybridized carbons (Fsp3) is 0.667. The first kappa shape index (κ1) is 6.39. The predicted octanol–water partition coefficient (Wildman–Crippen LogP) is 2.27. The van der Waals surface area contributed by atoms with Gasteiger partial charge in [0.05, 0.1) is 5.76 Å². The normalized spacial score (nSPS) is 28.1. The molecule has 0 heterocycles. The SMILES string of the molecule is OC1=CCCC1CI. The van der Waals surface area contributed by atoms with Crippen LogP contribution in [0.25, 0.3) is 0 Å². The van der Waals surface area contributed by atoms with Crippen LogP contribution < -0.4 is 0 Å². The molecule has 0 fully saturated rings. The average Bonchev–Trinajstić information content (AvgIpc) is 2.14. The van der Waals surface area contributed by atoms with E-state index in [9.17, 15) is 0 Å². The van der Waals surface area contributed by atoms with Gasteiger partial charge in [-0.25, -0.2) is 0 Å².